The number of phenols is 1. The number of benzene rings is 3. The van der Waals surface area contributed by atoms with Gasteiger partial charge in [0.25, 0.3) is 5.91 Å². The van der Waals surface area contributed by atoms with Crippen LogP contribution in [-0.4, -0.2) is 35.6 Å². The Morgan fingerprint density at radius 1 is 1.06 bits per heavy atom. The Labute approximate surface area is 211 Å². The molecule has 1 aliphatic heterocycles. The molecule has 2 aliphatic rings. The Balaban J connectivity index is 1.56. The first-order valence-corrected chi connectivity index (χ1v) is 12.5. The van der Waals surface area contributed by atoms with Gasteiger partial charge < -0.3 is 25.0 Å². The van der Waals surface area contributed by atoms with Crippen LogP contribution in [0.25, 0.3) is 11.1 Å². The maximum atomic E-state index is 13.3. The highest BCUT2D eigenvalue weighted by Gasteiger charge is 2.39. The second-order valence-electron chi connectivity index (χ2n) is 9.21. The van der Waals surface area contributed by atoms with Gasteiger partial charge in [0.2, 0.25) is 6.29 Å². The van der Waals surface area contributed by atoms with Crippen molar-refractivity contribution in [2.45, 2.75) is 38.4 Å². The normalized spacial score (nSPS) is 20.2. The number of allylic oxidation sites excluding steroid dienone is 1. The summed E-state index contributed by atoms with van der Waals surface area (Å²) in [5.41, 5.74) is 6.48. The van der Waals surface area contributed by atoms with Crippen molar-refractivity contribution in [3.63, 3.8) is 0 Å². The Morgan fingerprint density at radius 2 is 1.83 bits per heavy atom. The van der Waals surface area contributed by atoms with Crippen LogP contribution in [0.3, 0.4) is 0 Å². The van der Waals surface area contributed by atoms with Crippen molar-refractivity contribution in [1.82, 2.24) is 0 Å². The molecule has 6 nitrogen and oxygen atoms in total. The van der Waals surface area contributed by atoms with Gasteiger partial charge in [0, 0.05) is 25.0 Å². The molecule has 3 aromatic carbocycles. The number of para-hydroxylation sites is 2. The minimum atomic E-state index is -0.638. The highest BCUT2D eigenvalue weighted by atomic mass is 16.7. The zero-order valence-electron chi connectivity index (χ0n) is 20.3. The topological polar surface area (TPSA) is 88.0 Å². The third kappa shape index (κ3) is 4.62. The Hall–Kier alpha value is -3.61. The minimum absolute atomic E-state index is 0.0142. The smallest absolute Gasteiger partial charge is 0.290 e. The number of nitrogens with one attached hydrogen (secondary N) is 1. The molecular formula is C30H31NO5. The number of hydrogen-bond acceptors (Lipinski definition) is 5. The lowest BCUT2D eigenvalue weighted by atomic mass is 9.78. The fourth-order valence-corrected chi connectivity index (χ4v) is 5.38. The number of fused-ring (bicyclic) bond motifs is 3. The third-order valence-corrected chi connectivity index (χ3v) is 7.03. The molecule has 3 aromatic rings. The first-order chi connectivity index (χ1) is 17.6. The summed E-state index contributed by atoms with van der Waals surface area (Å²) in [6, 6.07) is 21.4. The number of aliphatic hydroxyl groups excluding tert-OH is 1. The van der Waals surface area contributed by atoms with Crippen molar-refractivity contribution < 1.29 is 24.5 Å². The maximum absolute atomic E-state index is 13.3. The quantitative estimate of drug-likeness (QED) is 0.293. The Kier molecular flexibility index (Phi) is 7.07. The zero-order chi connectivity index (χ0) is 25.1. The van der Waals surface area contributed by atoms with Gasteiger partial charge >= 0.3 is 0 Å². The lowest BCUT2D eigenvalue weighted by Gasteiger charge is -2.37. The molecule has 6 heteroatoms. The van der Waals surface area contributed by atoms with Gasteiger partial charge in [-0.3, -0.25) is 4.79 Å². The molecule has 0 fully saturated rings. The number of anilines is 1. The van der Waals surface area contributed by atoms with E-state index in [-0.39, 0.29) is 30.0 Å². The lowest BCUT2D eigenvalue weighted by molar-refractivity contribution is -0.165. The summed E-state index contributed by atoms with van der Waals surface area (Å²) in [6.07, 6.45) is 3.37. The number of carbonyl (C=O) groups excluding carboxylic acids is 1. The number of rotatable bonds is 8. The van der Waals surface area contributed by atoms with Gasteiger partial charge in [0.15, 0.2) is 5.76 Å². The van der Waals surface area contributed by atoms with Crippen LogP contribution in [0.2, 0.25) is 0 Å². The molecule has 0 spiro atoms. The van der Waals surface area contributed by atoms with E-state index < -0.39 is 12.2 Å². The summed E-state index contributed by atoms with van der Waals surface area (Å²) >= 11 is 0. The molecule has 186 valence electrons. The maximum Gasteiger partial charge on any atom is 0.290 e. The van der Waals surface area contributed by atoms with E-state index in [1.54, 1.807) is 18.2 Å². The van der Waals surface area contributed by atoms with E-state index in [2.05, 4.69) is 47.8 Å². The third-order valence-electron chi connectivity index (χ3n) is 7.03. The fraction of sp³-hybridized carbons (Fsp3) is 0.300. The molecule has 3 N–H and O–H groups in total. The van der Waals surface area contributed by atoms with Crippen LogP contribution in [-0.2, 0) is 20.7 Å². The van der Waals surface area contributed by atoms with Gasteiger partial charge in [0.05, 0.1) is 5.69 Å². The van der Waals surface area contributed by atoms with Crippen molar-refractivity contribution in [1.29, 1.82) is 0 Å². The number of hydrogen-bond donors (Lipinski definition) is 3. The summed E-state index contributed by atoms with van der Waals surface area (Å²) in [7, 11) is 0. The largest absolute Gasteiger partial charge is 0.506 e. The number of ether oxygens (including phenoxy) is 2. The summed E-state index contributed by atoms with van der Waals surface area (Å²) < 4.78 is 12.1. The average molecular weight is 486 g/mol. The van der Waals surface area contributed by atoms with Crippen LogP contribution >= 0.6 is 0 Å². The summed E-state index contributed by atoms with van der Waals surface area (Å²) in [6.45, 7) is 2.41. The van der Waals surface area contributed by atoms with Crippen LogP contribution in [0.1, 0.15) is 42.4 Å². The van der Waals surface area contributed by atoms with Crippen molar-refractivity contribution in [3.05, 3.63) is 95.3 Å². The second kappa shape index (κ2) is 10.6. The predicted molar refractivity (Wildman–Crippen MR) is 139 cm³/mol. The van der Waals surface area contributed by atoms with E-state index in [1.165, 1.54) is 28.3 Å². The molecule has 0 unspecified atom stereocenters. The number of aromatic hydroxyl groups is 1. The van der Waals surface area contributed by atoms with Crippen LogP contribution < -0.4 is 5.32 Å². The predicted octanol–water partition coefficient (Wildman–Crippen LogP) is 5.35. The average Bonchev–Trinajstić information content (AvgIpc) is 3.28. The van der Waals surface area contributed by atoms with Crippen molar-refractivity contribution >= 4 is 11.6 Å². The first-order valence-electron chi connectivity index (χ1n) is 12.5. The molecule has 36 heavy (non-hydrogen) atoms. The monoisotopic (exact) mass is 485 g/mol. The highest BCUT2D eigenvalue weighted by molar-refractivity contribution is 6.03. The van der Waals surface area contributed by atoms with E-state index in [0.717, 1.165) is 12.0 Å². The van der Waals surface area contributed by atoms with Crippen LogP contribution in [0.15, 0.2) is 78.6 Å². The van der Waals surface area contributed by atoms with Crippen molar-refractivity contribution in [2.75, 3.05) is 18.5 Å². The van der Waals surface area contributed by atoms with Crippen LogP contribution in [0.4, 0.5) is 5.69 Å². The van der Waals surface area contributed by atoms with Crippen LogP contribution in [0, 0.1) is 5.92 Å². The van der Waals surface area contributed by atoms with Gasteiger partial charge in [0.1, 0.15) is 5.75 Å². The molecule has 3 atom stereocenters. The first kappa shape index (κ1) is 24.1. The molecule has 0 saturated carbocycles. The second-order valence-corrected chi connectivity index (χ2v) is 9.21. The van der Waals surface area contributed by atoms with E-state index in [4.69, 9.17) is 9.47 Å². The molecule has 0 saturated heterocycles. The molecule has 0 radical (unpaired) electrons. The van der Waals surface area contributed by atoms with Gasteiger partial charge in [-0.2, -0.15) is 0 Å². The van der Waals surface area contributed by atoms with Crippen LogP contribution in [0.5, 0.6) is 5.75 Å². The summed E-state index contributed by atoms with van der Waals surface area (Å²) in [5.74, 6) is -0.511. The van der Waals surface area contributed by atoms with Gasteiger partial charge in [-0.25, -0.2) is 0 Å². The Morgan fingerprint density at radius 3 is 2.64 bits per heavy atom. The van der Waals surface area contributed by atoms with E-state index in [9.17, 15) is 15.0 Å². The van der Waals surface area contributed by atoms with Crippen molar-refractivity contribution in [2.24, 2.45) is 5.92 Å². The van der Waals surface area contributed by atoms with Gasteiger partial charge in [-0.1, -0.05) is 54.6 Å². The summed E-state index contributed by atoms with van der Waals surface area (Å²) in [5, 5.41) is 22.5. The van der Waals surface area contributed by atoms with E-state index >= 15 is 0 Å². The SMILES string of the molecule is CCO[C@H]1OC(C(=O)Nc2ccccc2O)=C[C@@H](c2cccc3c2Cc2ccccc2-3)[C@H]1CCCO. The standard InChI is InChI=1S/C30H31NO5/c1-2-35-30-23(13-8-16-32)25(18-28(36-30)29(34)31-26-14-5-6-15-27(26)33)22-12-7-11-21-20-10-4-3-9-19(20)17-24(21)22/h3-7,9-12,14-15,18,23,25,30,32-33H,2,8,13,16-17H2,1H3,(H,31,34)/t23-,25+,30+/m1/s1. The molecular weight excluding hydrogens is 454 g/mol. The van der Waals surface area contributed by atoms with Gasteiger partial charge in [-0.05, 0) is 72.2 Å². The van der Waals surface area contributed by atoms with E-state index in [0.29, 0.717) is 25.1 Å². The zero-order valence-corrected chi connectivity index (χ0v) is 20.3. The number of aliphatic hydroxyl groups is 1. The highest BCUT2D eigenvalue weighted by Crippen LogP contribution is 2.46. The fourth-order valence-electron chi connectivity index (χ4n) is 5.38. The molecule has 0 aromatic heterocycles. The van der Waals surface area contributed by atoms with Crippen molar-refractivity contribution in [3.8, 4) is 16.9 Å². The molecule has 0 bridgehead atoms. The summed E-state index contributed by atoms with van der Waals surface area (Å²) in [4.78, 5) is 13.3. The number of carbonyl (C=O) groups is 1. The molecule has 1 amide bonds. The van der Waals surface area contributed by atoms with Gasteiger partial charge in [-0.15, -0.1) is 0 Å². The molecule has 1 heterocycles. The van der Waals surface area contributed by atoms with E-state index in [1.807, 2.05) is 13.0 Å². The minimum Gasteiger partial charge on any atom is -0.506 e. The number of phenolic OH excluding ortho intramolecular Hbond substituents is 1. The number of amides is 1. The lowest BCUT2D eigenvalue weighted by Crippen LogP contribution is -2.37. The Bertz CT molecular complexity index is 1280. The molecule has 5 rings (SSSR count). The molecule has 1 aliphatic carbocycles.